The van der Waals surface area contributed by atoms with Crippen molar-refractivity contribution in [2.45, 2.75) is 6.92 Å². The lowest BCUT2D eigenvalue weighted by Crippen LogP contribution is -2.29. The number of hydrogen-bond acceptors (Lipinski definition) is 4. The number of nitrogens with zero attached hydrogens (tertiary/aromatic N) is 4. The Morgan fingerprint density at radius 2 is 1.73 bits per heavy atom. The summed E-state index contributed by atoms with van der Waals surface area (Å²) in [5, 5.41) is 5.49. The highest BCUT2D eigenvalue weighted by Gasteiger charge is 2.40. The van der Waals surface area contributed by atoms with Gasteiger partial charge in [0.05, 0.1) is 38.6 Å². The maximum atomic E-state index is 13.3. The summed E-state index contributed by atoms with van der Waals surface area (Å²) in [6, 6.07) is 10.3. The lowest BCUT2D eigenvalue weighted by Gasteiger charge is -2.15. The van der Waals surface area contributed by atoms with Crippen LogP contribution in [-0.2, 0) is 0 Å². The third kappa shape index (κ3) is 2.63. The van der Waals surface area contributed by atoms with Crippen LogP contribution in [0.15, 0.2) is 48.7 Å². The van der Waals surface area contributed by atoms with Crippen molar-refractivity contribution in [3.63, 3.8) is 0 Å². The summed E-state index contributed by atoms with van der Waals surface area (Å²) in [7, 11) is 0. The smallest absolute Gasteiger partial charge is 0.267 e. The van der Waals surface area contributed by atoms with E-state index in [2.05, 4.69) is 10.1 Å². The molecule has 2 amide bonds. The van der Waals surface area contributed by atoms with E-state index in [0.717, 1.165) is 4.90 Å². The highest BCUT2D eigenvalue weighted by atomic mass is 35.5. The molecule has 3 heterocycles. The van der Waals surface area contributed by atoms with Crippen LogP contribution in [0, 0.1) is 12.7 Å². The third-order valence-electron chi connectivity index (χ3n) is 4.94. The van der Waals surface area contributed by atoms with E-state index in [0.29, 0.717) is 27.4 Å². The Balaban J connectivity index is 1.71. The lowest BCUT2D eigenvalue weighted by atomic mass is 10.1. The molecule has 148 valence electrons. The molecule has 0 saturated carbocycles. The molecule has 0 fully saturated rings. The van der Waals surface area contributed by atoms with Crippen molar-refractivity contribution in [1.82, 2.24) is 14.8 Å². The zero-order valence-electron chi connectivity index (χ0n) is 15.4. The molecule has 5 rings (SSSR count). The van der Waals surface area contributed by atoms with Gasteiger partial charge in [-0.15, -0.1) is 0 Å². The minimum atomic E-state index is -0.525. The Hall–Kier alpha value is -3.29. The highest BCUT2D eigenvalue weighted by Crippen LogP contribution is 2.37. The molecule has 0 radical (unpaired) electrons. The van der Waals surface area contributed by atoms with E-state index >= 15 is 0 Å². The maximum absolute atomic E-state index is 13.3. The van der Waals surface area contributed by atoms with Crippen molar-refractivity contribution in [1.29, 1.82) is 0 Å². The number of aromatic nitrogens is 3. The summed E-state index contributed by atoms with van der Waals surface area (Å²) in [4.78, 5) is 31.7. The lowest BCUT2D eigenvalue weighted by molar-refractivity contribution is 0.0926. The Morgan fingerprint density at radius 1 is 1.00 bits per heavy atom. The Morgan fingerprint density at radius 3 is 2.43 bits per heavy atom. The standard InChI is InChI=1S/C21H11Cl2FN4O2/c1-10-17-18-14(9-25-19(17)28(26-10)13-5-3-12(24)4-6-13)20(29)27(21(18)30)16-7-2-11(22)8-15(16)23/h2-9H,1H3. The fourth-order valence-electron chi connectivity index (χ4n) is 3.60. The van der Waals surface area contributed by atoms with Gasteiger partial charge in [0.2, 0.25) is 0 Å². The normalized spacial score (nSPS) is 13.4. The molecule has 2 aromatic heterocycles. The number of pyridine rings is 1. The first-order chi connectivity index (χ1) is 14.4. The molecule has 0 aliphatic carbocycles. The van der Waals surface area contributed by atoms with Gasteiger partial charge in [0.15, 0.2) is 5.65 Å². The number of hydrogen-bond donors (Lipinski definition) is 0. The molecule has 1 aliphatic rings. The molecule has 0 unspecified atom stereocenters. The average molecular weight is 441 g/mol. The van der Waals surface area contributed by atoms with E-state index in [1.165, 1.54) is 35.1 Å². The van der Waals surface area contributed by atoms with Crippen molar-refractivity contribution >= 4 is 51.7 Å². The van der Waals surface area contributed by atoms with Crippen LogP contribution < -0.4 is 4.90 Å². The number of rotatable bonds is 2. The molecule has 0 saturated heterocycles. The first kappa shape index (κ1) is 18.7. The Kier molecular flexibility index (Phi) is 4.13. The van der Waals surface area contributed by atoms with Crippen LogP contribution >= 0.6 is 23.2 Å². The number of halogens is 3. The monoisotopic (exact) mass is 440 g/mol. The highest BCUT2D eigenvalue weighted by molar-refractivity contribution is 6.42. The number of fused-ring (bicyclic) bond motifs is 3. The topological polar surface area (TPSA) is 68.1 Å². The molecule has 0 spiro atoms. The van der Waals surface area contributed by atoms with Gasteiger partial charge < -0.3 is 0 Å². The molecule has 0 N–H and O–H groups in total. The van der Waals surface area contributed by atoms with E-state index < -0.39 is 11.8 Å². The van der Waals surface area contributed by atoms with Crippen molar-refractivity contribution in [3.05, 3.63) is 81.3 Å². The molecular weight excluding hydrogens is 430 g/mol. The van der Waals surface area contributed by atoms with Gasteiger partial charge in [0.1, 0.15) is 5.82 Å². The van der Waals surface area contributed by atoms with E-state index in [-0.39, 0.29) is 27.7 Å². The molecule has 30 heavy (non-hydrogen) atoms. The molecular formula is C21H11Cl2FN4O2. The summed E-state index contributed by atoms with van der Waals surface area (Å²) < 4.78 is 14.8. The van der Waals surface area contributed by atoms with Crippen LogP contribution in [0.1, 0.15) is 26.4 Å². The second-order valence-corrected chi connectivity index (χ2v) is 7.60. The van der Waals surface area contributed by atoms with Gasteiger partial charge in [-0.1, -0.05) is 23.2 Å². The quantitative estimate of drug-likeness (QED) is 0.412. The van der Waals surface area contributed by atoms with Crippen LogP contribution in [0.2, 0.25) is 10.0 Å². The third-order valence-corrected chi connectivity index (χ3v) is 5.48. The van der Waals surface area contributed by atoms with Crippen LogP contribution in [0.25, 0.3) is 16.7 Å². The largest absolute Gasteiger partial charge is 0.268 e. The van der Waals surface area contributed by atoms with Crippen LogP contribution in [0.4, 0.5) is 10.1 Å². The minimum absolute atomic E-state index is 0.167. The fraction of sp³-hybridized carbons (Fsp3) is 0.0476. The first-order valence-corrected chi connectivity index (χ1v) is 9.60. The van der Waals surface area contributed by atoms with E-state index in [4.69, 9.17) is 23.2 Å². The zero-order valence-corrected chi connectivity index (χ0v) is 16.9. The van der Waals surface area contributed by atoms with Crippen molar-refractivity contribution in [2.75, 3.05) is 4.90 Å². The second kappa shape index (κ2) is 6.62. The molecule has 0 bridgehead atoms. The molecule has 0 atom stereocenters. The van der Waals surface area contributed by atoms with Crippen molar-refractivity contribution < 1.29 is 14.0 Å². The van der Waals surface area contributed by atoms with Crippen LogP contribution in [0.3, 0.4) is 0 Å². The number of aryl methyl sites for hydroxylation is 1. The van der Waals surface area contributed by atoms with Gasteiger partial charge in [0.25, 0.3) is 11.8 Å². The maximum Gasteiger partial charge on any atom is 0.267 e. The van der Waals surface area contributed by atoms with Crippen LogP contribution in [-0.4, -0.2) is 26.6 Å². The number of imide groups is 1. The molecule has 9 heteroatoms. The fourth-order valence-corrected chi connectivity index (χ4v) is 4.10. The number of carbonyl (C=O) groups is 2. The number of benzene rings is 2. The molecule has 1 aliphatic heterocycles. The predicted molar refractivity (Wildman–Crippen MR) is 111 cm³/mol. The Labute approximate surface area is 179 Å². The van der Waals surface area contributed by atoms with Crippen molar-refractivity contribution in [2.24, 2.45) is 0 Å². The van der Waals surface area contributed by atoms with Gasteiger partial charge in [-0.05, 0) is 49.4 Å². The van der Waals surface area contributed by atoms with Crippen LogP contribution in [0.5, 0.6) is 0 Å². The van der Waals surface area contributed by atoms with Gasteiger partial charge in [-0.2, -0.15) is 5.10 Å². The van der Waals surface area contributed by atoms with Crippen molar-refractivity contribution in [3.8, 4) is 5.69 Å². The van der Waals surface area contributed by atoms with Gasteiger partial charge in [-0.3, -0.25) is 9.59 Å². The second-order valence-electron chi connectivity index (χ2n) is 6.76. The summed E-state index contributed by atoms with van der Waals surface area (Å²) >= 11 is 12.2. The van der Waals surface area contributed by atoms with Gasteiger partial charge in [0, 0.05) is 11.2 Å². The van der Waals surface area contributed by atoms with E-state index in [9.17, 15) is 14.0 Å². The van der Waals surface area contributed by atoms with E-state index in [1.54, 1.807) is 25.1 Å². The average Bonchev–Trinajstić information content (AvgIpc) is 3.18. The summed E-state index contributed by atoms with van der Waals surface area (Å²) in [5.41, 5.74) is 2.11. The molecule has 4 aromatic rings. The predicted octanol–water partition coefficient (Wildman–Crippen LogP) is 4.98. The van der Waals surface area contributed by atoms with Gasteiger partial charge >= 0.3 is 0 Å². The van der Waals surface area contributed by atoms with E-state index in [1.807, 2.05) is 0 Å². The number of anilines is 1. The Bertz CT molecular complexity index is 1380. The molecule has 6 nitrogen and oxygen atoms in total. The first-order valence-electron chi connectivity index (χ1n) is 8.85. The van der Waals surface area contributed by atoms with Gasteiger partial charge in [-0.25, -0.2) is 19.0 Å². The molecule has 2 aromatic carbocycles. The SMILES string of the molecule is Cc1nn(-c2ccc(F)cc2)c2ncc3c(c12)C(=O)N(c1ccc(Cl)cc1Cl)C3=O. The summed E-state index contributed by atoms with van der Waals surface area (Å²) in [6.07, 6.45) is 1.35. The number of amides is 2. The number of carbonyl (C=O) groups excluding carboxylic acids is 2. The summed E-state index contributed by atoms with van der Waals surface area (Å²) in [5.74, 6) is -1.42. The zero-order chi connectivity index (χ0) is 21.2. The minimum Gasteiger partial charge on any atom is -0.268 e. The summed E-state index contributed by atoms with van der Waals surface area (Å²) in [6.45, 7) is 1.72.